The summed E-state index contributed by atoms with van der Waals surface area (Å²) in [5.41, 5.74) is 1.50. The molecule has 1 aliphatic heterocycles. The van der Waals surface area contributed by atoms with Crippen LogP contribution in [0.15, 0.2) is 84.9 Å². The third-order valence-corrected chi connectivity index (χ3v) is 7.08. The average molecular weight is 531 g/mol. The number of nitrogens with zero attached hydrogens (tertiary/aromatic N) is 1. The number of amides is 1. The number of benzene rings is 3. The Morgan fingerprint density at radius 2 is 1.54 bits per heavy atom. The molecule has 1 aliphatic rings. The molecular formula is C32H38N2O5. The molecule has 0 bridgehead atoms. The quantitative estimate of drug-likeness (QED) is 0.306. The second-order valence-corrected chi connectivity index (χ2v) is 10.3. The van der Waals surface area contributed by atoms with Crippen LogP contribution < -0.4 is 10.1 Å². The lowest BCUT2D eigenvalue weighted by Crippen LogP contribution is -2.48. The first-order valence-corrected chi connectivity index (χ1v) is 13.5. The van der Waals surface area contributed by atoms with Crippen LogP contribution in [0.2, 0.25) is 0 Å². The van der Waals surface area contributed by atoms with E-state index in [1.54, 1.807) is 12.0 Å². The molecule has 206 valence electrons. The van der Waals surface area contributed by atoms with E-state index in [2.05, 4.69) is 5.32 Å². The molecule has 0 unspecified atom stereocenters. The van der Waals surface area contributed by atoms with E-state index in [0.717, 1.165) is 35.4 Å². The Morgan fingerprint density at radius 1 is 0.923 bits per heavy atom. The number of rotatable bonds is 10. The zero-order valence-electron chi connectivity index (χ0n) is 23.0. The monoisotopic (exact) mass is 530 g/mol. The molecule has 0 spiro atoms. The summed E-state index contributed by atoms with van der Waals surface area (Å²) < 4.78 is 16.7. The number of carbonyl (C=O) groups excluding carboxylic acids is 2. The number of likely N-dealkylation sites (tertiary alicyclic amines) is 1. The lowest BCUT2D eigenvalue weighted by atomic mass is 9.77. The summed E-state index contributed by atoms with van der Waals surface area (Å²) in [6, 6.07) is 27.0. The zero-order chi connectivity index (χ0) is 27.7. The molecule has 1 N–H and O–H groups in total. The first kappa shape index (κ1) is 28.0. The number of esters is 1. The van der Waals surface area contributed by atoms with Gasteiger partial charge in [-0.05, 0) is 74.4 Å². The fourth-order valence-corrected chi connectivity index (χ4v) is 5.01. The van der Waals surface area contributed by atoms with Crippen LogP contribution in [-0.2, 0) is 26.4 Å². The number of hydrogen-bond donors (Lipinski definition) is 1. The Hall–Kier alpha value is -4.00. The van der Waals surface area contributed by atoms with Crippen LogP contribution in [0.4, 0.5) is 10.5 Å². The Kier molecular flexibility index (Phi) is 9.47. The third-order valence-electron chi connectivity index (χ3n) is 7.08. The van der Waals surface area contributed by atoms with Crippen LogP contribution in [0.5, 0.6) is 5.75 Å². The van der Waals surface area contributed by atoms with Gasteiger partial charge in [-0.15, -0.1) is 0 Å². The van der Waals surface area contributed by atoms with Gasteiger partial charge in [-0.25, -0.2) is 9.59 Å². The summed E-state index contributed by atoms with van der Waals surface area (Å²) in [4.78, 5) is 28.3. The van der Waals surface area contributed by atoms with Crippen molar-refractivity contribution in [2.75, 3.05) is 25.5 Å². The molecule has 0 aliphatic carbocycles. The summed E-state index contributed by atoms with van der Waals surface area (Å²) in [6.07, 6.45) is 1.48. The number of nitrogens with one attached hydrogen (secondary N) is 1. The van der Waals surface area contributed by atoms with Gasteiger partial charge in [0.05, 0.1) is 13.2 Å². The highest BCUT2D eigenvalue weighted by Gasteiger charge is 2.45. The smallest absolute Gasteiger partial charge is 0.410 e. The molecule has 3 aromatic carbocycles. The fourth-order valence-electron chi connectivity index (χ4n) is 5.01. The van der Waals surface area contributed by atoms with Gasteiger partial charge < -0.3 is 24.4 Å². The molecule has 7 nitrogen and oxygen atoms in total. The van der Waals surface area contributed by atoms with Crippen molar-refractivity contribution in [3.05, 3.63) is 96.1 Å². The molecule has 0 saturated carbocycles. The second kappa shape index (κ2) is 13.2. The minimum Gasteiger partial charge on any atom is -0.497 e. The number of piperidine rings is 1. The lowest BCUT2D eigenvalue weighted by molar-refractivity contribution is -0.154. The maximum Gasteiger partial charge on any atom is 0.410 e. The molecule has 0 radical (unpaired) electrons. The van der Waals surface area contributed by atoms with Crippen molar-refractivity contribution < 1.29 is 23.8 Å². The topological polar surface area (TPSA) is 77.1 Å². The first-order valence-electron chi connectivity index (χ1n) is 13.5. The number of anilines is 1. The molecule has 39 heavy (non-hydrogen) atoms. The molecule has 1 atom stereocenters. The Bertz CT molecular complexity index is 1190. The second-order valence-electron chi connectivity index (χ2n) is 10.3. The molecule has 1 heterocycles. The van der Waals surface area contributed by atoms with Crippen molar-refractivity contribution in [2.24, 2.45) is 5.92 Å². The van der Waals surface area contributed by atoms with Crippen molar-refractivity contribution in [3.8, 4) is 5.75 Å². The average Bonchev–Trinajstić information content (AvgIpc) is 2.97. The Morgan fingerprint density at radius 3 is 2.13 bits per heavy atom. The number of carbonyl (C=O) groups is 2. The van der Waals surface area contributed by atoms with E-state index in [-0.39, 0.29) is 30.7 Å². The van der Waals surface area contributed by atoms with E-state index < -0.39 is 5.54 Å². The van der Waals surface area contributed by atoms with Crippen molar-refractivity contribution in [1.29, 1.82) is 0 Å². The van der Waals surface area contributed by atoms with Gasteiger partial charge in [0.15, 0.2) is 5.54 Å². The van der Waals surface area contributed by atoms with E-state index in [1.807, 2.05) is 98.8 Å². The van der Waals surface area contributed by atoms with E-state index in [0.29, 0.717) is 19.5 Å². The lowest BCUT2D eigenvalue weighted by Gasteiger charge is -2.40. The first-order chi connectivity index (χ1) is 18.9. The molecule has 1 fully saturated rings. The molecule has 1 saturated heterocycles. The van der Waals surface area contributed by atoms with Gasteiger partial charge in [0.2, 0.25) is 0 Å². The van der Waals surface area contributed by atoms with Crippen LogP contribution in [-0.4, -0.2) is 43.3 Å². The van der Waals surface area contributed by atoms with E-state index in [4.69, 9.17) is 14.2 Å². The number of hydrogen-bond acceptors (Lipinski definition) is 6. The minimum absolute atomic E-state index is 0.189. The van der Waals surface area contributed by atoms with Crippen LogP contribution in [0.1, 0.15) is 44.2 Å². The van der Waals surface area contributed by atoms with Crippen molar-refractivity contribution in [1.82, 2.24) is 4.90 Å². The van der Waals surface area contributed by atoms with E-state index in [9.17, 15) is 9.59 Å². The van der Waals surface area contributed by atoms with Crippen LogP contribution in [0.25, 0.3) is 0 Å². The van der Waals surface area contributed by atoms with Crippen molar-refractivity contribution in [3.63, 3.8) is 0 Å². The van der Waals surface area contributed by atoms with Crippen LogP contribution in [0.3, 0.4) is 0 Å². The van der Waals surface area contributed by atoms with E-state index >= 15 is 0 Å². The number of ether oxygens (including phenoxy) is 3. The fraction of sp³-hybridized carbons (Fsp3) is 0.375. The summed E-state index contributed by atoms with van der Waals surface area (Å²) >= 11 is 0. The summed E-state index contributed by atoms with van der Waals surface area (Å²) in [5, 5.41) is 3.55. The molecule has 1 amide bonds. The molecule has 0 aromatic heterocycles. The van der Waals surface area contributed by atoms with Gasteiger partial charge in [-0.1, -0.05) is 60.7 Å². The minimum atomic E-state index is -1.10. The number of methoxy groups -OCH3 is 1. The third kappa shape index (κ3) is 7.31. The van der Waals surface area contributed by atoms with Gasteiger partial charge in [0, 0.05) is 18.8 Å². The predicted octanol–water partition coefficient (Wildman–Crippen LogP) is 6.39. The summed E-state index contributed by atoms with van der Waals surface area (Å²) in [5.74, 6) is 0.611. The standard InChI is InChI=1S/C32H38N2O5/c1-24(2)39-30(35)32(27-12-8-5-9-13-27,33-28-14-16-29(37-3)17-15-28)22-25-18-20-34(21-19-25)31(36)38-23-26-10-6-4-7-11-26/h4-17,24-25,33H,18-23H2,1-3H3/t32-/m0/s1. The van der Waals surface area contributed by atoms with Crippen LogP contribution in [0, 0.1) is 5.92 Å². The van der Waals surface area contributed by atoms with Gasteiger partial charge in [0.1, 0.15) is 12.4 Å². The van der Waals surface area contributed by atoms with Crippen molar-refractivity contribution in [2.45, 2.75) is 51.4 Å². The maximum absolute atomic E-state index is 13.9. The Labute approximate surface area is 231 Å². The van der Waals surface area contributed by atoms with Crippen molar-refractivity contribution >= 4 is 17.7 Å². The van der Waals surface area contributed by atoms with E-state index in [1.165, 1.54) is 0 Å². The summed E-state index contributed by atoms with van der Waals surface area (Å²) in [6.45, 7) is 5.13. The molecule has 4 rings (SSSR count). The molecule has 3 aromatic rings. The zero-order valence-corrected chi connectivity index (χ0v) is 23.0. The normalized spacial score (nSPS) is 15.3. The summed E-state index contributed by atoms with van der Waals surface area (Å²) in [7, 11) is 1.63. The highest BCUT2D eigenvalue weighted by Crippen LogP contribution is 2.38. The largest absolute Gasteiger partial charge is 0.497 e. The highest BCUT2D eigenvalue weighted by molar-refractivity contribution is 5.86. The maximum atomic E-state index is 13.9. The highest BCUT2D eigenvalue weighted by atomic mass is 16.6. The molecule has 7 heteroatoms. The Balaban J connectivity index is 1.51. The predicted molar refractivity (Wildman–Crippen MR) is 152 cm³/mol. The van der Waals surface area contributed by atoms with Gasteiger partial charge in [-0.2, -0.15) is 0 Å². The van der Waals surface area contributed by atoms with Crippen LogP contribution >= 0.6 is 0 Å². The SMILES string of the molecule is COc1ccc(N[C@](CC2CCN(C(=O)OCc3ccccc3)CC2)(C(=O)OC(C)C)c2ccccc2)cc1. The van der Waals surface area contributed by atoms with Gasteiger partial charge in [-0.3, -0.25) is 0 Å². The van der Waals surface area contributed by atoms with Gasteiger partial charge >= 0.3 is 12.1 Å². The van der Waals surface area contributed by atoms with Gasteiger partial charge in [0.25, 0.3) is 0 Å². The molecular weight excluding hydrogens is 492 g/mol.